The number of anilines is 1. The number of aromatic amines is 1. The minimum Gasteiger partial charge on any atom is -0.484 e. The first kappa shape index (κ1) is 19.3. The lowest BCUT2D eigenvalue weighted by atomic mass is 10.1. The number of aromatic nitrogens is 2. The van der Waals surface area contributed by atoms with E-state index in [9.17, 15) is 4.79 Å². The van der Waals surface area contributed by atoms with Crippen LogP contribution in [0.15, 0.2) is 60.7 Å². The molecular formula is C22H23ClN4O2. The van der Waals surface area contributed by atoms with E-state index >= 15 is 0 Å². The van der Waals surface area contributed by atoms with Crippen molar-refractivity contribution in [3.63, 3.8) is 0 Å². The molecule has 0 aliphatic carbocycles. The Kier molecular flexibility index (Phi) is 6.00. The molecule has 4 rings (SSSR count). The van der Waals surface area contributed by atoms with Gasteiger partial charge in [0.05, 0.1) is 5.69 Å². The Morgan fingerprint density at radius 3 is 2.79 bits per heavy atom. The van der Waals surface area contributed by atoms with Crippen LogP contribution in [0.2, 0.25) is 5.02 Å². The highest BCUT2D eigenvalue weighted by molar-refractivity contribution is 6.30. The third-order valence-corrected chi connectivity index (χ3v) is 5.20. The van der Waals surface area contributed by atoms with Crippen molar-refractivity contribution >= 4 is 23.3 Å². The van der Waals surface area contributed by atoms with Crippen molar-refractivity contribution in [2.75, 3.05) is 24.6 Å². The number of H-pyrrole nitrogens is 1. The van der Waals surface area contributed by atoms with E-state index in [1.165, 1.54) is 0 Å². The summed E-state index contributed by atoms with van der Waals surface area (Å²) in [6.45, 7) is 1.66. The lowest BCUT2D eigenvalue weighted by molar-refractivity contribution is -0.123. The van der Waals surface area contributed by atoms with Gasteiger partial charge in [-0.25, -0.2) is 0 Å². The average Bonchev–Trinajstić information content (AvgIpc) is 3.24. The smallest absolute Gasteiger partial charge is 0.258 e. The van der Waals surface area contributed by atoms with E-state index in [1.54, 1.807) is 0 Å². The summed E-state index contributed by atoms with van der Waals surface area (Å²) in [7, 11) is 0. The van der Waals surface area contributed by atoms with Crippen LogP contribution < -0.4 is 15.0 Å². The van der Waals surface area contributed by atoms with Crippen molar-refractivity contribution in [2.45, 2.75) is 18.9 Å². The van der Waals surface area contributed by atoms with Gasteiger partial charge in [-0.15, -0.1) is 0 Å². The van der Waals surface area contributed by atoms with Crippen LogP contribution in [0.5, 0.6) is 5.75 Å². The summed E-state index contributed by atoms with van der Waals surface area (Å²) < 4.78 is 5.53. The molecule has 6 nitrogen and oxygen atoms in total. The Hall–Kier alpha value is -2.99. The number of nitrogens with one attached hydrogen (secondary N) is 2. The Morgan fingerprint density at radius 1 is 1.21 bits per heavy atom. The molecule has 1 aliphatic rings. The fourth-order valence-corrected chi connectivity index (χ4v) is 3.61. The maximum atomic E-state index is 12.3. The first-order valence-electron chi connectivity index (χ1n) is 9.71. The number of halogens is 1. The largest absolute Gasteiger partial charge is 0.484 e. The highest BCUT2D eigenvalue weighted by Gasteiger charge is 2.23. The molecule has 0 saturated carbocycles. The topological polar surface area (TPSA) is 70.2 Å². The number of para-hydroxylation sites is 1. The summed E-state index contributed by atoms with van der Waals surface area (Å²) in [4.78, 5) is 14.5. The van der Waals surface area contributed by atoms with E-state index in [4.69, 9.17) is 16.3 Å². The van der Waals surface area contributed by atoms with Crippen LogP contribution >= 0.6 is 11.6 Å². The molecule has 1 atom stereocenters. The summed E-state index contributed by atoms with van der Waals surface area (Å²) in [5.74, 6) is 1.47. The van der Waals surface area contributed by atoms with Crippen LogP contribution in [-0.2, 0) is 4.79 Å². The third kappa shape index (κ3) is 5.09. The molecule has 1 amide bonds. The fourth-order valence-electron chi connectivity index (χ4n) is 3.49. The third-order valence-electron chi connectivity index (χ3n) is 4.94. The van der Waals surface area contributed by atoms with Crippen molar-refractivity contribution < 1.29 is 9.53 Å². The van der Waals surface area contributed by atoms with Gasteiger partial charge in [0.1, 0.15) is 5.75 Å². The van der Waals surface area contributed by atoms with Gasteiger partial charge in [0.25, 0.3) is 5.91 Å². The number of carbonyl (C=O) groups excluding carboxylic acids is 1. The van der Waals surface area contributed by atoms with E-state index in [0.717, 1.165) is 43.0 Å². The molecule has 7 heteroatoms. The van der Waals surface area contributed by atoms with Gasteiger partial charge in [-0.1, -0.05) is 41.9 Å². The van der Waals surface area contributed by atoms with Crippen LogP contribution in [0.25, 0.3) is 11.3 Å². The van der Waals surface area contributed by atoms with Gasteiger partial charge < -0.3 is 15.0 Å². The molecule has 150 valence electrons. The molecule has 0 spiro atoms. The Labute approximate surface area is 174 Å². The minimum absolute atomic E-state index is 0.0175. The number of hydrogen-bond donors (Lipinski definition) is 2. The summed E-state index contributed by atoms with van der Waals surface area (Å²) in [6, 6.07) is 19.1. The molecule has 2 N–H and O–H groups in total. The molecule has 0 bridgehead atoms. The zero-order chi connectivity index (χ0) is 20.1. The molecule has 2 aromatic carbocycles. The molecule has 1 aromatic heterocycles. The number of nitrogens with zero attached hydrogens (tertiary/aromatic N) is 2. The van der Waals surface area contributed by atoms with Crippen molar-refractivity contribution in [1.82, 2.24) is 15.5 Å². The van der Waals surface area contributed by atoms with Crippen LogP contribution in [-0.4, -0.2) is 41.8 Å². The first-order chi connectivity index (χ1) is 14.2. The summed E-state index contributed by atoms with van der Waals surface area (Å²) in [5, 5.41) is 11.3. The highest BCUT2D eigenvalue weighted by Crippen LogP contribution is 2.25. The predicted octanol–water partition coefficient (Wildman–Crippen LogP) is 3.89. The Morgan fingerprint density at radius 2 is 2.00 bits per heavy atom. The molecule has 1 fully saturated rings. The second-order valence-electron chi connectivity index (χ2n) is 7.10. The van der Waals surface area contributed by atoms with Crippen LogP contribution in [0.3, 0.4) is 0 Å². The number of hydrogen-bond acceptors (Lipinski definition) is 4. The van der Waals surface area contributed by atoms with Crippen LogP contribution in [0.4, 0.5) is 5.82 Å². The number of amides is 1. The second kappa shape index (κ2) is 9.01. The zero-order valence-corrected chi connectivity index (χ0v) is 16.7. The first-order valence-corrected chi connectivity index (χ1v) is 10.1. The fraction of sp³-hybridized carbons (Fsp3) is 0.273. The zero-order valence-electron chi connectivity index (χ0n) is 16.0. The van der Waals surface area contributed by atoms with Gasteiger partial charge in [0.15, 0.2) is 12.4 Å². The van der Waals surface area contributed by atoms with Gasteiger partial charge in [-0.2, -0.15) is 5.10 Å². The molecule has 2 heterocycles. The highest BCUT2D eigenvalue weighted by atomic mass is 35.5. The van der Waals surface area contributed by atoms with Crippen molar-refractivity contribution in [3.05, 3.63) is 65.7 Å². The van der Waals surface area contributed by atoms with E-state index in [-0.39, 0.29) is 18.6 Å². The summed E-state index contributed by atoms with van der Waals surface area (Å²) >= 11 is 5.96. The van der Waals surface area contributed by atoms with Crippen molar-refractivity contribution in [2.24, 2.45) is 0 Å². The van der Waals surface area contributed by atoms with Gasteiger partial charge in [-0.05, 0) is 42.7 Å². The number of piperidine rings is 1. The maximum Gasteiger partial charge on any atom is 0.258 e. The number of benzene rings is 2. The standard InChI is InChI=1S/C22H23ClN4O2/c23-17-10-8-16(9-11-17)20-13-21(26-25-20)27-12-4-5-18(14-27)24-22(28)15-29-19-6-2-1-3-7-19/h1-3,6-11,13,18H,4-5,12,14-15H2,(H,24,28)(H,25,26). The lowest BCUT2D eigenvalue weighted by Crippen LogP contribution is -2.49. The summed E-state index contributed by atoms with van der Waals surface area (Å²) in [6.07, 6.45) is 1.94. The molecule has 0 radical (unpaired) electrons. The SMILES string of the molecule is O=C(COc1ccccc1)NC1CCCN(c2cc(-c3ccc(Cl)cc3)[nH]n2)C1. The molecule has 1 unspecified atom stereocenters. The molecule has 1 saturated heterocycles. The molecular weight excluding hydrogens is 388 g/mol. The van der Waals surface area contributed by atoms with E-state index < -0.39 is 0 Å². The van der Waals surface area contributed by atoms with E-state index in [2.05, 4.69) is 20.4 Å². The van der Waals surface area contributed by atoms with Crippen LogP contribution in [0.1, 0.15) is 12.8 Å². The van der Waals surface area contributed by atoms with Gasteiger partial charge in [-0.3, -0.25) is 9.89 Å². The molecule has 1 aliphatic heterocycles. The number of carbonyl (C=O) groups is 1. The lowest BCUT2D eigenvalue weighted by Gasteiger charge is -2.33. The monoisotopic (exact) mass is 410 g/mol. The second-order valence-corrected chi connectivity index (χ2v) is 7.54. The quantitative estimate of drug-likeness (QED) is 0.646. The minimum atomic E-state index is -0.107. The number of ether oxygens (including phenoxy) is 1. The maximum absolute atomic E-state index is 12.3. The van der Waals surface area contributed by atoms with Gasteiger partial charge >= 0.3 is 0 Å². The van der Waals surface area contributed by atoms with Crippen molar-refractivity contribution in [3.8, 4) is 17.0 Å². The van der Waals surface area contributed by atoms with E-state index in [0.29, 0.717) is 10.8 Å². The summed E-state index contributed by atoms with van der Waals surface area (Å²) in [5.41, 5.74) is 1.98. The van der Waals surface area contributed by atoms with Crippen molar-refractivity contribution in [1.29, 1.82) is 0 Å². The normalized spacial score (nSPS) is 16.4. The Balaban J connectivity index is 1.32. The number of rotatable bonds is 6. The Bertz CT molecular complexity index is 943. The van der Waals surface area contributed by atoms with E-state index in [1.807, 2.05) is 60.7 Å². The average molecular weight is 411 g/mol. The van der Waals surface area contributed by atoms with Gasteiger partial charge in [0, 0.05) is 30.2 Å². The van der Waals surface area contributed by atoms with Crippen LogP contribution in [0, 0.1) is 0 Å². The predicted molar refractivity (Wildman–Crippen MR) is 114 cm³/mol. The molecule has 29 heavy (non-hydrogen) atoms. The van der Waals surface area contributed by atoms with Gasteiger partial charge in [0.2, 0.25) is 0 Å². The molecule has 3 aromatic rings.